The van der Waals surface area contributed by atoms with Crippen LogP contribution < -0.4 is 10.1 Å². The Kier molecular flexibility index (Phi) is 10.1. The van der Waals surface area contributed by atoms with Gasteiger partial charge in [-0.1, -0.05) is 42.4 Å². The lowest BCUT2D eigenvalue weighted by Gasteiger charge is -2.27. The number of carbonyl (C=O) groups excluding carboxylic acids is 2. The molecule has 1 aliphatic heterocycles. The summed E-state index contributed by atoms with van der Waals surface area (Å²) in [5, 5.41) is 8.59. The van der Waals surface area contributed by atoms with Crippen LogP contribution in [0.4, 0.5) is 22.8 Å². The molecule has 0 radical (unpaired) electrons. The molecular formula is C36H40F3N5O6. The monoisotopic (exact) mass is 695 g/mol. The van der Waals surface area contributed by atoms with Crippen LogP contribution in [0.3, 0.4) is 0 Å². The summed E-state index contributed by atoms with van der Waals surface area (Å²) in [6, 6.07) is 15.5. The van der Waals surface area contributed by atoms with Crippen LogP contribution in [0.5, 0.6) is 5.75 Å². The highest BCUT2D eigenvalue weighted by molar-refractivity contribution is 5.99. The molecule has 5 rings (SSSR count). The van der Waals surface area contributed by atoms with Crippen molar-refractivity contribution in [3.63, 3.8) is 0 Å². The lowest BCUT2D eigenvalue weighted by atomic mass is 10.1. The Morgan fingerprint density at radius 1 is 0.940 bits per heavy atom. The summed E-state index contributed by atoms with van der Waals surface area (Å²) in [5.74, 6) is 1.25. The number of aliphatic imine (C=N–C) groups is 1. The maximum atomic E-state index is 12.9. The van der Waals surface area contributed by atoms with Crippen molar-refractivity contribution >= 4 is 28.9 Å². The molecule has 1 saturated heterocycles. The number of benzene rings is 3. The maximum Gasteiger partial charge on any atom is 0.437 e. The average Bonchev–Trinajstić information content (AvgIpc) is 3.64. The van der Waals surface area contributed by atoms with Crippen LogP contribution in [0.2, 0.25) is 0 Å². The third-order valence-electron chi connectivity index (χ3n) is 7.47. The van der Waals surface area contributed by atoms with E-state index in [1.807, 2.05) is 37.3 Å². The molecule has 3 aromatic carbocycles. The highest BCUT2D eigenvalue weighted by atomic mass is 19.4. The minimum Gasteiger partial charge on any atom is -0.489 e. The Labute approximate surface area is 287 Å². The van der Waals surface area contributed by atoms with Gasteiger partial charge in [-0.25, -0.2) is 9.59 Å². The number of likely N-dealkylation sites (tertiary alicyclic amines) is 1. The summed E-state index contributed by atoms with van der Waals surface area (Å²) in [4.78, 5) is 36.1. The van der Waals surface area contributed by atoms with Crippen LogP contribution in [0.15, 0.2) is 70.2 Å². The molecule has 0 aliphatic carbocycles. The van der Waals surface area contributed by atoms with E-state index in [-0.39, 0.29) is 24.4 Å². The first-order valence-electron chi connectivity index (χ1n) is 16.1. The summed E-state index contributed by atoms with van der Waals surface area (Å²) < 4.78 is 61.0. The number of fused-ring (bicyclic) bond motifs is 1. The molecule has 0 unspecified atom stereocenters. The van der Waals surface area contributed by atoms with Crippen molar-refractivity contribution in [1.82, 2.24) is 20.4 Å². The second-order valence-corrected chi connectivity index (χ2v) is 14.2. The summed E-state index contributed by atoms with van der Waals surface area (Å²) in [6.45, 7) is 12.9. The van der Waals surface area contributed by atoms with Crippen LogP contribution in [0.25, 0.3) is 22.2 Å². The van der Waals surface area contributed by atoms with Crippen molar-refractivity contribution in [2.45, 2.75) is 84.9 Å². The van der Waals surface area contributed by atoms with E-state index < -0.39 is 41.2 Å². The van der Waals surface area contributed by atoms with Gasteiger partial charge in [0.1, 0.15) is 29.6 Å². The Morgan fingerprint density at radius 3 is 2.26 bits per heavy atom. The topological polar surface area (TPSA) is 128 Å². The molecule has 11 nitrogen and oxygen atoms in total. The number of ether oxygens (including phenoxy) is 3. The molecule has 50 heavy (non-hydrogen) atoms. The lowest BCUT2D eigenvalue weighted by molar-refractivity contribution is -0.137. The quantitative estimate of drug-likeness (QED) is 0.161. The minimum absolute atomic E-state index is 0.0512. The van der Waals surface area contributed by atoms with E-state index in [9.17, 15) is 22.8 Å². The third-order valence-corrected chi connectivity index (χ3v) is 7.47. The number of alkyl carbamates (subject to hydrolysis) is 1. The van der Waals surface area contributed by atoms with E-state index in [0.29, 0.717) is 35.7 Å². The van der Waals surface area contributed by atoms with E-state index in [4.69, 9.17) is 18.7 Å². The molecule has 266 valence electrons. The third kappa shape index (κ3) is 9.51. The molecule has 14 heteroatoms. The molecule has 1 aromatic heterocycles. The van der Waals surface area contributed by atoms with Crippen LogP contribution >= 0.6 is 0 Å². The number of hydrogen-bond acceptors (Lipinski definition) is 8. The number of amides is 2. The predicted octanol–water partition coefficient (Wildman–Crippen LogP) is 8.69. The summed E-state index contributed by atoms with van der Waals surface area (Å²) >= 11 is 0. The molecule has 1 fully saturated rings. The first-order valence-corrected chi connectivity index (χ1v) is 16.1. The van der Waals surface area contributed by atoms with E-state index in [1.54, 1.807) is 52.5 Å². The molecule has 1 aliphatic rings. The summed E-state index contributed by atoms with van der Waals surface area (Å²) in [5.41, 5.74) is -0.998. The molecule has 2 atom stereocenters. The van der Waals surface area contributed by atoms with Gasteiger partial charge in [-0.3, -0.25) is 5.32 Å². The number of halogens is 3. The second-order valence-electron chi connectivity index (χ2n) is 14.2. The standard InChI is InChI=1S/C36H40F3N5O6/c1-21-16-28(44(19-21)31(41-32(45)48-34(2,3)4)42-33(46)49-35(5,6)7)30-40-29(43-50-30)25-11-10-24-18-27(15-12-23(24)17-25)47-20-22-8-13-26(14-9-22)36(37,38)39/h8-15,17-18,21,28H,16,19-20H2,1-7H3,(H,41,42,45,46)/t21-,28-/m0/s1. The van der Waals surface area contributed by atoms with Gasteiger partial charge in [-0.05, 0) is 101 Å². The van der Waals surface area contributed by atoms with Crippen molar-refractivity contribution in [3.05, 3.63) is 77.7 Å². The Balaban J connectivity index is 1.33. The van der Waals surface area contributed by atoms with Crippen LogP contribution in [0.1, 0.15) is 77.9 Å². The second kappa shape index (κ2) is 14.0. The van der Waals surface area contributed by atoms with Gasteiger partial charge in [0, 0.05) is 12.1 Å². The number of alkyl halides is 3. The number of carbonyl (C=O) groups is 2. The Bertz CT molecular complexity index is 1880. The highest BCUT2D eigenvalue weighted by Crippen LogP contribution is 2.36. The normalized spacial score (nSPS) is 17.2. The van der Waals surface area contributed by atoms with Gasteiger partial charge in [0.25, 0.3) is 0 Å². The molecule has 0 bridgehead atoms. The highest BCUT2D eigenvalue weighted by Gasteiger charge is 2.39. The van der Waals surface area contributed by atoms with Crippen molar-refractivity contribution in [3.8, 4) is 17.1 Å². The molecule has 2 amide bonds. The smallest absolute Gasteiger partial charge is 0.437 e. The van der Waals surface area contributed by atoms with Gasteiger partial charge in [0.15, 0.2) is 0 Å². The van der Waals surface area contributed by atoms with E-state index >= 15 is 0 Å². The van der Waals surface area contributed by atoms with Gasteiger partial charge in [0.05, 0.1) is 5.56 Å². The molecule has 0 saturated carbocycles. The fraction of sp³-hybridized carbons (Fsp3) is 0.417. The predicted molar refractivity (Wildman–Crippen MR) is 179 cm³/mol. The van der Waals surface area contributed by atoms with Gasteiger partial charge in [-0.2, -0.15) is 18.2 Å². The fourth-order valence-corrected chi connectivity index (χ4v) is 5.34. The average molecular weight is 696 g/mol. The number of rotatable bonds is 5. The molecule has 2 heterocycles. The Hall–Kier alpha value is -5.14. The molecule has 1 N–H and O–H groups in total. The van der Waals surface area contributed by atoms with Crippen molar-refractivity contribution in [2.75, 3.05) is 6.54 Å². The van der Waals surface area contributed by atoms with Crippen LogP contribution in [-0.4, -0.2) is 50.9 Å². The van der Waals surface area contributed by atoms with Gasteiger partial charge < -0.3 is 23.6 Å². The number of nitrogens with one attached hydrogen (secondary N) is 1. The minimum atomic E-state index is -4.39. The van der Waals surface area contributed by atoms with Crippen LogP contribution in [0, 0.1) is 5.92 Å². The van der Waals surface area contributed by atoms with E-state index in [2.05, 4.69) is 20.4 Å². The van der Waals surface area contributed by atoms with Crippen molar-refractivity contribution in [2.24, 2.45) is 10.9 Å². The largest absolute Gasteiger partial charge is 0.489 e. The molecular weight excluding hydrogens is 655 g/mol. The first-order chi connectivity index (χ1) is 23.3. The number of guanidine groups is 1. The SMILES string of the molecule is C[C@H]1C[C@@H](c2nc(-c3ccc4cc(OCc5ccc(C(F)(F)F)cc5)ccc4c3)no2)N(/C(=N\C(=O)OC(C)(C)C)NC(=O)OC(C)(C)C)C1. The van der Waals surface area contributed by atoms with Gasteiger partial charge in [0.2, 0.25) is 17.7 Å². The van der Waals surface area contributed by atoms with Crippen LogP contribution in [-0.2, 0) is 22.3 Å². The van der Waals surface area contributed by atoms with E-state index in [0.717, 1.165) is 22.9 Å². The number of nitrogens with zero attached hydrogens (tertiary/aromatic N) is 4. The molecule has 4 aromatic rings. The zero-order chi connectivity index (χ0) is 36.4. The van der Waals surface area contributed by atoms with Gasteiger partial charge >= 0.3 is 18.4 Å². The number of hydrogen-bond donors (Lipinski definition) is 1. The zero-order valence-electron chi connectivity index (χ0n) is 28.9. The summed E-state index contributed by atoms with van der Waals surface area (Å²) in [6.07, 6.45) is -5.47. The maximum absolute atomic E-state index is 12.9. The van der Waals surface area contributed by atoms with E-state index in [1.165, 1.54) is 12.1 Å². The lowest BCUT2D eigenvalue weighted by Crippen LogP contribution is -2.46. The van der Waals surface area contributed by atoms with Crippen molar-refractivity contribution in [1.29, 1.82) is 0 Å². The van der Waals surface area contributed by atoms with Gasteiger partial charge in [-0.15, -0.1) is 4.99 Å². The summed E-state index contributed by atoms with van der Waals surface area (Å²) in [7, 11) is 0. The Morgan fingerprint density at radius 2 is 1.60 bits per heavy atom. The zero-order valence-corrected chi connectivity index (χ0v) is 28.9. The van der Waals surface area contributed by atoms with Crippen molar-refractivity contribution < 1.29 is 41.5 Å². The fourth-order valence-electron chi connectivity index (χ4n) is 5.34. The molecule has 0 spiro atoms. The first kappa shape index (κ1) is 36.1. The number of aromatic nitrogens is 2.